The van der Waals surface area contributed by atoms with Crippen LogP contribution in [0.5, 0.6) is 5.75 Å². The van der Waals surface area contributed by atoms with Crippen LogP contribution in [-0.2, 0) is 4.79 Å². The van der Waals surface area contributed by atoms with E-state index in [0.717, 1.165) is 37.4 Å². The molecule has 2 aliphatic heterocycles. The molecule has 0 radical (unpaired) electrons. The maximum atomic E-state index is 13.6. The number of likely N-dealkylation sites (tertiary alicyclic amines) is 2. The van der Waals surface area contributed by atoms with E-state index in [9.17, 15) is 9.59 Å². The Hall–Kier alpha value is -1.99. The summed E-state index contributed by atoms with van der Waals surface area (Å²) in [6.07, 6.45) is 3.98. The van der Waals surface area contributed by atoms with Gasteiger partial charge < -0.3 is 19.4 Å². The molecule has 2 aromatic carbocycles. The Morgan fingerprint density at radius 3 is 2.30 bits per heavy atom. The van der Waals surface area contributed by atoms with Crippen LogP contribution in [0.1, 0.15) is 37.2 Å². The fraction of sp³-hybridized carbons (Fsp3) is 0.500. The van der Waals surface area contributed by atoms with E-state index in [-0.39, 0.29) is 23.8 Å². The van der Waals surface area contributed by atoms with E-state index in [0.29, 0.717) is 33.9 Å². The van der Waals surface area contributed by atoms with Crippen molar-refractivity contribution in [2.24, 2.45) is 11.8 Å². The number of ether oxygens (including phenoxy) is 1. The summed E-state index contributed by atoms with van der Waals surface area (Å²) in [5.41, 5.74) is 0.945. The van der Waals surface area contributed by atoms with Crippen molar-refractivity contribution >= 4 is 46.8 Å². The van der Waals surface area contributed by atoms with E-state index in [1.807, 2.05) is 17.0 Å². The summed E-state index contributed by atoms with van der Waals surface area (Å²) in [5.74, 6) is 1.36. The van der Waals surface area contributed by atoms with Gasteiger partial charge in [0.1, 0.15) is 5.75 Å². The zero-order chi connectivity index (χ0) is 26.1. The number of halogens is 3. The molecule has 0 aromatic heterocycles. The van der Waals surface area contributed by atoms with Crippen LogP contribution in [0.3, 0.4) is 0 Å². The second-order valence-corrected chi connectivity index (χ2v) is 11.8. The normalized spacial score (nSPS) is 22.8. The van der Waals surface area contributed by atoms with Crippen LogP contribution >= 0.6 is 34.8 Å². The van der Waals surface area contributed by atoms with E-state index in [1.165, 1.54) is 19.4 Å². The first kappa shape index (κ1) is 26.6. The smallest absolute Gasteiger partial charge is 0.410 e. The highest BCUT2D eigenvalue weighted by atomic mass is 35.5. The summed E-state index contributed by atoms with van der Waals surface area (Å²) < 4.78 is 5.60. The zero-order valence-corrected chi connectivity index (χ0v) is 23.2. The molecule has 0 spiro atoms. The Kier molecular flexibility index (Phi) is 8.20. The van der Waals surface area contributed by atoms with Gasteiger partial charge in [0, 0.05) is 43.5 Å². The maximum absolute atomic E-state index is 13.6. The molecular weight excluding hydrogens is 533 g/mol. The monoisotopic (exact) mass is 563 g/mol. The van der Waals surface area contributed by atoms with Crippen LogP contribution in [0.4, 0.5) is 4.79 Å². The number of nitrogens with zero attached hydrogens (tertiary/aromatic N) is 3. The molecule has 2 aromatic rings. The second-order valence-electron chi connectivity index (χ2n) is 10.5. The van der Waals surface area contributed by atoms with Gasteiger partial charge in [-0.05, 0) is 86.7 Å². The Morgan fingerprint density at radius 2 is 1.65 bits per heavy atom. The van der Waals surface area contributed by atoms with E-state index in [2.05, 4.69) is 4.90 Å². The Morgan fingerprint density at radius 1 is 0.946 bits per heavy atom. The summed E-state index contributed by atoms with van der Waals surface area (Å²) >= 11 is 18.5. The number of hydrogen-bond acceptors (Lipinski definition) is 4. The molecule has 0 N–H and O–H groups in total. The Bertz CT molecular complexity index is 1130. The molecule has 9 heteroatoms. The highest BCUT2D eigenvalue weighted by molar-refractivity contribution is 6.42. The third-order valence-corrected chi connectivity index (χ3v) is 8.92. The van der Waals surface area contributed by atoms with Gasteiger partial charge in [-0.15, -0.1) is 0 Å². The van der Waals surface area contributed by atoms with Crippen molar-refractivity contribution < 1.29 is 14.3 Å². The predicted octanol–water partition coefficient (Wildman–Crippen LogP) is 6.19. The van der Waals surface area contributed by atoms with Gasteiger partial charge in [-0.1, -0.05) is 40.9 Å². The van der Waals surface area contributed by atoms with Crippen LogP contribution in [0.2, 0.25) is 15.1 Å². The number of benzene rings is 2. The average Bonchev–Trinajstić information content (AvgIpc) is 3.60. The minimum absolute atomic E-state index is 0.0231. The van der Waals surface area contributed by atoms with Gasteiger partial charge in [0.25, 0.3) is 0 Å². The molecule has 198 valence electrons. The van der Waals surface area contributed by atoms with Crippen LogP contribution < -0.4 is 4.74 Å². The summed E-state index contributed by atoms with van der Waals surface area (Å²) in [6, 6.07) is 11.9. The Balaban J connectivity index is 1.30. The first-order valence-electron chi connectivity index (χ1n) is 12.9. The number of hydrogen-bond donors (Lipinski definition) is 0. The van der Waals surface area contributed by atoms with Crippen molar-refractivity contribution in [3.8, 4) is 5.75 Å². The summed E-state index contributed by atoms with van der Waals surface area (Å²) in [4.78, 5) is 32.7. The maximum Gasteiger partial charge on any atom is 0.415 e. The van der Waals surface area contributed by atoms with Gasteiger partial charge in [0.2, 0.25) is 5.91 Å². The Labute approximate surface area is 233 Å². The molecule has 37 heavy (non-hydrogen) atoms. The molecule has 2 unspecified atom stereocenters. The molecule has 6 nitrogen and oxygen atoms in total. The molecular formula is C28H32Cl3N3O3. The lowest BCUT2D eigenvalue weighted by Gasteiger charge is -2.33. The molecule has 0 bridgehead atoms. The largest absolute Gasteiger partial charge is 0.415 e. The number of rotatable bonds is 6. The standard InChI is InChI=1S/C28H32Cl3N3O3/c1-32(28(36)37-22-7-5-21(29)6-8-22)26-17-34(16-23(26)20-4-9-24(30)25(31)14-20)27(35)19-10-12-33(13-11-19)15-18-2-3-18/h4-9,14,18-19,23,26H,2-3,10-13,15-17H2,1H3. The van der Waals surface area contributed by atoms with Crippen molar-refractivity contribution in [2.45, 2.75) is 37.6 Å². The number of carbonyl (C=O) groups is 2. The first-order chi connectivity index (χ1) is 17.8. The zero-order valence-electron chi connectivity index (χ0n) is 20.9. The second kappa shape index (κ2) is 11.4. The molecule has 2 saturated heterocycles. The molecule has 5 rings (SSSR count). The fourth-order valence-corrected chi connectivity index (χ4v) is 5.96. The van der Waals surface area contributed by atoms with Gasteiger partial charge in [-0.25, -0.2) is 4.79 Å². The van der Waals surface area contributed by atoms with Crippen molar-refractivity contribution in [3.05, 3.63) is 63.1 Å². The lowest BCUT2D eigenvalue weighted by molar-refractivity contribution is -0.136. The molecule has 2 heterocycles. The summed E-state index contributed by atoms with van der Waals surface area (Å²) in [5, 5.41) is 1.50. The molecule has 3 aliphatic rings. The quantitative estimate of drug-likeness (QED) is 0.420. The first-order valence-corrected chi connectivity index (χ1v) is 14.1. The average molecular weight is 565 g/mol. The van der Waals surface area contributed by atoms with Gasteiger partial charge in [0.15, 0.2) is 0 Å². The van der Waals surface area contributed by atoms with Crippen molar-refractivity contribution in [3.63, 3.8) is 0 Å². The van der Waals surface area contributed by atoms with E-state index in [4.69, 9.17) is 39.5 Å². The van der Waals surface area contributed by atoms with E-state index >= 15 is 0 Å². The molecule has 1 aliphatic carbocycles. The summed E-state index contributed by atoms with van der Waals surface area (Å²) in [6.45, 7) is 4.09. The number of piperidine rings is 1. The van der Waals surface area contributed by atoms with Gasteiger partial charge >= 0.3 is 6.09 Å². The lowest BCUT2D eigenvalue weighted by atomic mass is 9.93. The highest BCUT2D eigenvalue weighted by Gasteiger charge is 2.42. The SMILES string of the molecule is CN(C(=O)Oc1ccc(Cl)cc1)C1CN(C(=O)C2CCN(CC3CC3)CC2)CC1c1ccc(Cl)c(Cl)c1. The molecule has 1 saturated carbocycles. The highest BCUT2D eigenvalue weighted by Crippen LogP contribution is 2.36. The summed E-state index contributed by atoms with van der Waals surface area (Å²) in [7, 11) is 1.72. The number of amides is 2. The molecule has 3 fully saturated rings. The third-order valence-electron chi connectivity index (χ3n) is 7.93. The number of carbonyl (C=O) groups excluding carboxylic acids is 2. The minimum atomic E-state index is -0.486. The van der Waals surface area contributed by atoms with Gasteiger partial charge in [-0.2, -0.15) is 0 Å². The lowest BCUT2D eigenvalue weighted by Crippen LogP contribution is -2.45. The van der Waals surface area contributed by atoms with Crippen LogP contribution in [0, 0.1) is 11.8 Å². The van der Waals surface area contributed by atoms with E-state index < -0.39 is 6.09 Å². The molecule has 2 amide bonds. The number of likely N-dealkylation sites (N-methyl/N-ethyl adjacent to an activating group) is 1. The van der Waals surface area contributed by atoms with Crippen LogP contribution in [-0.4, -0.2) is 72.5 Å². The van der Waals surface area contributed by atoms with E-state index in [1.54, 1.807) is 42.3 Å². The van der Waals surface area contributed by atoms with Gasteiger partial charge in [-0.3, -0.25) is 4.79 Å². The van der Waals surface area contributed by atoms with Crippen molar-refractivity contribution in [1.82, 2.24) is 14.7 Å². The van der Waals surface area contributed by atoms with Gasteiger partial charge in [0.05, 0.1) is 16.1 Å². The van der Waals surface area contributed by atoms with Crippen LogP contribution in [0.25, 0.3) is 0 Å². The fourth-order valence-electron chi connectivity index (χ4n) is 5.53. The minimum Gasteiger partial charge on any atom is -0.410 e. The van der Waals surface area contributed by atoms with Crippen LogP contribution in [0.15, 0.2) is 42.5 Å². The topological polar surface area (TPSA) is 53.1 Å². The predicted molar refractivity (Wildman–Crippen MR) is 147 cm³/mol. The third kappa shape index (κ3) is 6.36. The van der Waals surface area contributed by atoms with Crippen molar-refractivity contribution in [2.75, 3.05) is 39.8 Å². The van der Waals surface area contributed by atoms with Crippen molar-refractivity contribution in [1.29, 1.82) is 0 Å². The molecule has 2 atom stereocenters.